The van der Waals surface area contributed by atoms with Gasteiger partial charge in [-0.25, -0.2) is 26.6 Å². The van der Waals surface area contributed by atoms with E-state index in [1.54, 1.807) is 6.92 Å². The molecule has 0 aliphatic carbocycles. The number of thiazole rings is 1. The van der Waals surface area contributed by atoms with E-state index < -0.39 is 38.3 Å². The number of nitrogens with zero attached hydrogens (tertiary/aromatic N) is 1. The van der Waals surface area contributed by atoms with Crippen molar-refractivity contribution in [2.24, 2.45) is 0 Å². The summed E-state index contributed by atoms with van der Waals surface area (Å²) in [5.41, 5.74) is 0.233. The minimum Gasteiger partial charge on any atom is -0.466 e. The molecular weight excluding hydrogens is 369 g/mol. The van der Waals surface area contributed by atoms with Crippen LogP contribution in [0.3, 0.4) is 0 Å². The fraction of sp³-hybridized carbons (Fsp3) is 0.231. The molecule has 1 aromatic carbocycles. The van der Waals surface area contributed by atoms with Gasteiger partial charge in [0.05, 0.1) is 18.7 Å². The fourth-order valence-electron chi connectivity index (χ4n) is 1.75. The van der Waals surface area contributed by atoms with Crippen LogP contribution in [0.1, 0.15) is 12.6 Å². The number of aromatic nitrogens is 1. The monoisotopic (exact) mass is 380 g/mol. The highest BCUT2D eigenvalue weighted by atomic mass is 32.2. The van der Waals surface area contributed by atoms with E-state index in [2.05, 4.69) is 4.98 Å². The smallest absolute Gasteiger partial charge is 0.311 e. The fourth-order valence-corrected chi connectivity index (χ4v) is 3.83. The van der Waals surface area contributed by atoms with Crippen LogP contribution in [-0.4, -0.2) is 26.0 Å². The van der Waals surface area contributed by atoms with Gasteiger partial charge >= 0.3 is 5.97 Å². The van der Waals surface area contributed by atoms with Crippen molar-refractivity contribution in [2.45, 2.75) is 18.2 Å². The van der Waals surface area contributed by atoms with Crippen molar-refractivity contribution < 1.29 is 31.1 Å². The minimum atomic E-state index is -4.65. The van der Waals surface area contributed by atoms with E-state index in [1.807, 2.05) is 4.72 Å². The summed E-state index contributed by atoms with van der Waals surface area (Å²) >= 11 is 0.818. The Hall–Kier alpha value is -2.14. The third kappa shape index (κ3) is 4.23. The topological polar surface area (TPSA) is 85.4 Å². The van der Waals surface area contributed by atoms with Crippen molar-refractivity contribution in [3.63, 3.8) is 0 Å². The van der Waals surface area contributed by atoms with Crippen LogP contribution in [0.4, 0.5) is 18.3 Å². The number of esters is 1. The van der Waals surface area contributed by atoms with Gasteiger partial charge in [-0.1, -0.05) is 0 Å². The second-order valence-electron chi connectivity index (χ2n) is 4.43. The molecule has 0 bridgehead atoms. The quantitative estimate of drug-likeness (QED) is 0.778. The first kappa shape index (κ1) is 18.2. The van der Waals surface area contributed by atoms with Crippen LogP contribution in [0.15, 0.2) is 22.4 Å². The number of carbonyl (C=O) groups is 1. The van der Waals surface area contributed by atoms with Gasteiger partial charge in [0, 0.05) is 17.5 Å². The molecule has 1 aromatic heterocycles. The standard InChI is InChI=1S/C13H11F3N2O4S2/c1-2-22-11(19)5-8-6-23-13(17-8)18-24(20,21)12-9(15)3-7(14)4-10(12)16/h3-4,6H,2,5H2,1H3,(H,17,18). The molecule has 0 amide bonds. The number of carbonyl (C=O) groups excluding carboxylic acids is 1. The number of sulfonamides is 1. The van der Waals surface area contributed by atoms with Gasteiger partial charge in [0.1, 0.15) is 17.5 Å². The Labute approximate surface area is 139 Å². The molecule has 0 spiro atoms. The molecule has 1 heterocycles. The molecule has 0 atom stereocenters. The van der Waals surface area contributed by atoms with Crippen LogP contribution in [0.5, 0.6) is 0 Å². The van der Waals surface area contributed by atoms with Gasteiger partial charge < -0.3 is 4.74 Å². The summed E-state index contributed by atoms with van der Waals surface area (Å²) in [5.74, 6) is -4.92. The van der Waals surface area contributed by atoms with E-state index in [0.717, 1.165) is 11.3 Å². The van der Waals surface area contributed by atoms with Gasteiger partial charge in [-0.2, -0.15) is 0 Å². The predicted molar refractivity (Wildman–Crippen MR) is 79.6 cm³/mol. The highest BCUT2D eigenvalue weighted by Crippen LogP contribution is 2.25. The zero-order valence-electron chi connectivity index (χ0n) is 12.2. The lowest BCUT2D eigenvalue weighted by Crippen LogP contribution is -2.17. The number of anilines is 1. The zero-order chi connectivity index (χ0) is 17.9. The number of halogens is 3. The van der Waals surface area contributed by atoms with E-state index in [9.17, 15) is 26.4 Å². The number of benzene rings is 1. The summed E-state index contributed by atoms with van der Waals surface area (Å²) in [4.78, 5) is 13.8. The average Bonchev–Trinajstić information content (AvgIpc) is 2.83. The average molecular weight is 380 g/mol. The number of hydrogen-bond acceptors (Lipinski definition) is 6. The summed E-state index contributed by atoms with van der Waals surface area (Å²) in [7, 11) is -4.65. The third-order valence-corrected chi connectivity index (χ3v) is 4.96. The zero-order valence-corrected chi connectivity index (χ0v) is 13.8. The van der Waals surface area contributed by atoms with Crippen LogP contribution in [0.2, 0.25) is 0 Å². The first-order valence-electron chi connectivity index (χ1n) is 6.50. The second kappa shape index (κ2) is 7.18. The van der Waals surface area contributed by atoms with Crippen molar-refractivity contribution in [2.75, 3.05) is 11.3 Å². The van der Waals surface area contributed by atoms with Gasteiger partial charge in [-0.3, -0.25) is 9.52 Å². The maximum absolute atomic E-state index is 13.6. The SMILES string of the molecule is CCOC(=O)Cc1csc(NS(=O)(=O)c2c(F)cc(F)cc2F)n1. The largest absolute Gasteiger partial charge is 0.466 e. The van der Waals surface area contributed by atoms with Crippen LogP contribution < -0.4 is 4.72 Å². The number of nitrogens with one attached hydrogen (secondary N) is 1. The Bertz CT molecular complexity index is 845. The molecule has 0 aliphatic rings. The molecule has 6 nitrogen and oxygen atoms in total. The van der Waals surface area contributed by atoms with Gasteiger partial charge in [0.25, 0.3) is 10.0 Å². The van der Waals surface area contributed by atoms with E-state index in [0.29, 0.717) is 0 Å². The van der Waals surface area contributed by atoms with Gasteiger partial charge in [-0.05, 0) is 6.92 Å². The molecule has 130 valence electrons. The van der Waals surface area contributed by atoms with Gasteiger partial charge in [0.15, 0.2) is 10.0 Å². The van der Waals surface area contributed by atoms with Gasteiger partial charge in [0.2, 0.25) is 0 Å². The molecule has 2 aromatic rings. The Morgan fingerprint density at radius 1 is 1.29 bits per heavy atom. The summed E-state index contributed by atoms with van der Waals surface area (Å²) in [6.07, 6.45) is -0.175. The third-order valence-electron chi connectivity index (χ3n) is 2.64. The van der Waals surface area contributed by atoms with E-state index in [1.165, 1.54) is 5.38 Å². The molecule has 0 radical (unpaired) electrons. The first-order chi connectivity index (χ1) is 11.2. The van der Waals surface area contributed by atoms with E-state index in [4.69, 9.17) is 4.74 Å². The minimum absolute atomic E-state index is 0.175. The van der Waals surface area contributed by atoms with Crippen LogP contribution in [0, 0.1) is 17.5 Å². The maximum Gasteiger partial charge on any atom is 0.311 e. The maximum atomic E-state index is 13.6. The molecule has 0 saturated carbocycles. The number of ether oxygens (including phenoxy) is 1. The van der Waals surface area contributed by atoms with Crippen molar-refractivity contribution in [1.29, 1.82) is 0 Å². The van der Waals surface area contributed by atoms with Crippen molar-refractivity contribution >= 4 is 32.5 Å². The molecule has 0 saturated heterocycles. The normalized spacial score (nSPS) is 11.3. The van der Waals surface area contributed by atoms with Crippen LogP contribution in [0.25, 0.3) is 0 Å². The van der Waals surface area contributed by atoms with Crippen molar-refractivity contribution in [3.8, 4) is 0 Å². The molecule has 2 rings (SSSR count). The number of hydrogen-bond donors (Lipinski definition) is 1. The van der Waals surface area contributed by atoms with Crippen molar-refractivity contribution in [3.05, 3.63) is 40.7 Å². The lowest BCUT2D eigenvalue weighted by atomic mass is 10.3. The summed E-state index contributed by atoms with van der Waals surface area (Å²) in [6, 6.07) is 0.511. The van der Waals surface area contributed by atoms with E-state index in [-0.39, 0.29) is 36.0 Å². The highest BCUT2D eigenvalue weighted by Gasteiger charge is 2.26. The Morgan fingerprint density at radius 3 is 2.50 bits per heavy atom. The second-order valence-corrected chi connectivity index (χ2v) is 6.91. The Kier molecular flexibility index (Phi) is 5.44. The summed E-state index contributed by atoms with van der Waals surface area (Å²) < 4.78 is 70.8. The summed E-state index contributed by atoms with van der Waals surface area (Å²) in [5, 5.41) is 1.20. The molecular formula is C13H11F3N2O4S2. The molecule has 0 unspecified atom stereocenters. The van der Waals surface area contributed by atoms with Crippen molar-refractivity contribution in [1.82, 2.24) is 4.98 Å². The van der Waals surface area contributed by atoms with Crippen LogP contribution in [-0.2, 0) is 26.0 Å². The Morgan fingerprint density at radius 2 is 1.92 bits per heavy atom. The Balaban J connectivity index is 2.22. The predicted octanol–water partition coefficient (Wildman–Crippen LogP) is 2.47. The first-order valence-corrected chi connectivity index (χ1v) is 8.86. The molecule has 0 aliphatic heterocycles. The lowest BCUT2D eigenvalue weighted by Gasteiger charge is -2.07. The lowest BCUT2D eigenvalue weighted by molar-refractivity contribution is -0.142. The van der Waals surface area contributed by atoms with Gasteiger partial charge in [-0.15, -0.1) is 11.3 Å². The number of rotatable bonds is 6. The van der Waals surface area contributed by atoms with Crippen LogP contribution >= 0.6 is 11.3 Å². The summed E-state index contributed by atoms with van der Waals surface area (Å²) in [6.45, 7) is 1.82. The molecule has 1 N–H and O–H groups in total. The highest BCUT2D eigenvalue weighted by molar-refractivity contribution is 7.93. The molecule has 0 fully saturated rings. The molecule has 24 heavy (non-hydrogen) atoms. The van der Waals surface area contributed by atoms with E-state index >= 15 is 0 Å². The molecule has 11 heteroatoms.